The highest BCUT2D eigenvalue weighted by Crippen LogP contribution is 2.31. The number of anilines is 2. The quantitative estimate of drug-likeness (QED) is 0.254. The topological polar surface area (TPSA) is 49.9 Å². The second kappa shape index (κ2) is 9.57. The summed E-state index contributed by atoms with van der Waals surface area (Å²) in [6.07, 6.45) is 3.69. The number of halogens is 1. The number of rotatable bonds is 8. The molecular weight excluding hydrogens is 413 g/mol. The van der Waals surface area contributed by atoms with E-state index in [9.17, 15) is 4.39 Å². The third-order valence-corrected chi connectivity index (χ3v) is 5.50. The van der Waals surface area contributed by atoms with E-state index in [1.54, 1.807) is 12.3 Å². The molecule has 0 bridgehead atoms. The molecule has 0 spiro atoms. The molecule has 0 radical (unpaired) electrons. The second-order valence-electron chi connectivity index (χ2n) is 7.90. The van der Waals surface area contributed by atoms with Gasteiger partial charge in [-0.2, -0.15) is 0 Å². The summed E-state index contributed by atoms with van der Waals surface area (Å²) in [5.41, 5.74) is 5.60. The number of aromatic amines is 1. The number of ether oxygens (including phenoxy) is 1. The van der Waals surface area contributed by atoms with Crippen LogP contribution in [0, 0.1) is 5.82 Å². The van der Waals surface area contributed by atoms with Crippen molar-refractivity contribution in [2.24, 2.45) is 0 Å². The van der Waals surface area contributed by atoms with Gasteiger partial charge < -0.3 is 15.0 Å². The highest BCUT2D eigenvalue weighted by Gasteiger charge is 2.10. The molecule has 5 rings (SSSR count). The standard InChI is InChI=1S/C28H24FN3O/c29-22-11-5-12-23(18-22)31-26-14-15-30-28-25(26)19-27(32-28)21-10-4-13-24(17-21)33-16-6-9-20-7-2-1-3-8-20/h1-5,7-8,10-15,17-19H,6,9,16H2,(H2,30,31,32). The molecule has 2 aromatic heterocycles. The Bertz CT molecular complexity index is 1360. The molecule has 2 N–H and O–H groups in total. The molecule has 2 heterocycles. The maximum atomic E-state index is 13.6. The van der Waals surface area contributed by atoms with E-state index in [1.807, 2.05) is 42.5 Å². The highest BCUT2D eigenvalue weighted by molar-refractivity contribution is 5.94. The first-order valence-electron chi connectivity index (χ1n) is 11.0. The Morgan fingerprint density at radius 3 is 2.64 bits per heavy atom. The molecule has 0 amide bonds. The van der Waals surface area contributed by atoms with Crippen LogP contribution in [0.15, 0.2) is 97.2 Å². The van der Waals surface area contributed by atoms with Gasteiger partial charge >= 0.3 is 0 Å². The maximum absolute atomic E-state index is 13.6. The van der Waals surface area contributed by atoms with E-state index < -0.39 is 0 Å². The summed E-state index contributed by atoms with van der Waals surface area (Å²) >= 11 is 0. The van der Waals surface area contributed by atoms with Gasteiger partial charge in [-0.3, -0.25) is 0 Å². The zero-order chi connectivity index (χ0) is 22.5. The summed E-state index contributed by atoms with van der Waals surface area (Å²) in [5.74, 6) is 0.561. The van der Waals surface area contributed by atoms with E-state index in [1.165, 1.54) is 17.7 Å². The fourth-order valence-corrected chi connectivity index (χ4v) is 3.88. The predicted octanol–water partition coefficient (Wildman–Crippen LogP) is 7.12. The molecule has 33 heavy (non-hydrogen) atoms. The number of H-pyrrole nitrogens is 1. The Hall–Kier alpha value is -4.12. The lowest BCUT2D eigenvalue weighted by atomic mass is 10.1. The third-order valence-electron chi connectivity index (χ3n) is 5.50. The van der Waals surface area contributed by atoms with Crippen LogP contribution in [-0.4, -0.2) is 16.6 Å². The van der Waals surface area contributed by atoms with Gasteiger partial charge in [0, 0.05) is 28.5 Å². The van der Waals surface area contributed by atoms with Crippen molar-refractivity contribution >= 4 is 22.4 Å². The van der Waals surface area contributed by atoms with Crippen LogP contribution in [0.5, 0.6) is 5.75 Å². The molecule has 0 aliphatic heterocycles. The van der Waals surface area contributed by atoms with Gasteiger partial charge in [0.25, 0.3) is 0 Å². The van der Waals surface area contributed by atoms with Crippen LogP contribution in [0.2, 0.25) is 0 Å². The Kier molecular flexibility index (Phi) is 6.02. The predicted molar refractivity (Wildman–Crippen MR) is 131 cm³/mol. The number of aromatic nitrogens is 2. The van der Waals surface area contributed by atoms with Gasteiger partial charge in [-0.1, -0.05) is 48.5 Å². The summed E-state index contributed by atoms with van der Waals surface area (Å²) in [6.45, 7) is 0.661. The lowest BCUT2D eigenvalue weighted by Crippen LogP contribution is -1.99. The van der Waals surface area contributed by atoms with Crippen molar-refractivity contribution in [1.29, 1.82) is 0 Å². The maximum Gasteiger partial charge on any atom is 0.139 e. The number of nitrogens with one attached hydrogen (secondary N) is 2. The number of aryl methyl sites for hydroxylation is 1. The lowest BCUT2D eigenvalue weighted by molar-refractivity contribution is 0.311. The minimum absolute atomic E-state index is 0.277. The first-order valence-corrected chi connectivity index (χ1v) is 11.0. The molecule has 3 aromatic carbocycles. The average Bonchev–Trinajstić information content (AvgIpc) is 3.29. The molecule has 4 nitrogen and oxygen atoms in total. The molecule has 0 fully saturated rings. The third kappa shape index (κ3) is 5.04. The molecule has 0 aliphatic rings. The normalized spacial score (nSPS) is 10.9. The van der Waals surface area contributed by atoms with Crippen molar-refractivity contribution in [2.75, 3.05) is 11.9 Å². The van der Waals surface area contributed by atoms with Crippen molar-refractivity contribution in [1.82, 2.24) is 9.97 Å². The first-order chi connectivity index (χ1) is 16.2. The van der Waals surface area contributed by atoms with Gasteiger partial charge in [0.05, 0.1) is 12.3 Å². The Morgan fingerprint density at radius 1 is 0.879 bits per heavy atom. The number of nitrogens with zero attached hydrogens (tertiary/aromatic N) is 1. The minimum atomic E-state index is -0.277. The van der Waals surface area contributed by atoms with Crippen molar-refractivity contribution in [3.8, 4) is 17.0 Å². The molecule has 0 unspecified atom stereocenters. The summed E-state index contributed by atoms with van der Waals surface area (Å²) in [6, 6.07) is 28.8. The summed E-state index contributed by atoms with van der Waals surface area (Å²) in [4.78, 5) is 7.84. The Balaban J connectivity index is 1.31. The molecule has 0 saturated carbocycles. The number of hydrogen-bond donors (Lipinski definition) is 2. The molecule has 5 heteroatoms. The van der Waals surface area contributed by atoms with Gasteiger partial charge in [0.15, 0.2) is 0 Å². The van der Waals surface area contributed by atoms with Crippen molar-refractivity contribution in [3.63, 3.8) is 0 Å². The first kappa shape index (κ1) is 20.8. The molecule has 0 atom stereocenters. The molecule has 0 saturated heterocycles. The van der Waals surface area contributed by atoms with Crippen molar-refractivity contribution in [2.45, 2.75) is 12.8 Å². The number of benzene rings is 3. The van der Waals surface area contributed by atoms with E-state index in [-0.39, 0.29) is 5.82 Å². The van der Waals surface area contributed by atoms with Crippen LogP contribution >= 0.6 is 0 Å². The van der Waals surface area contributed by atoms with Gasteiger partial charge in [-0.05, 0) is 60.9 Å². The van der Waals surface area contributed by atoms with Crippen LogP contribution in [0.1, 0.15) is 12.0 Å². The minimum Gasteiger partial charge on any atom is -0.494 e. The summed E-state index contributed by atoms with van der Waals surface area (Å²) < 4.78 is 19.6. The van der Waals surface area contributed by atoms with Crippen LogP contribution in [0.3, 0.4) is 0 Å². The number of fused-ring (bicyclic) bond motifs is 1. The molecule has 164 valence electrons. The van der Waals surface area contributed by atoms with E-state index in [0.717, 1.165) is 46.6 Å². The Labute approximate surface area is 192 Å². The summed E-state index contributed by atoms with van der Waals surface area (Å²) in [5, 5.41) is 4.22. The van der Waals surface area contributed by atoms with E-state index >= 15 is 0 Å². The van der Waals surface area contributed by atoms with E-state index in [0.29, 0.717) is 12.3 Å². The van der Waals surface area contributed by atoms with Gasteiger partial charge in [0.2, 0.25) is 0 Å². The van der Waals surface area contributed by atoms with Crippen molar-refractivity contribution in [3.05, 3.63) is 109 Å². The largest absolute Gasteiger partial charge is 0.494 e. The second-order valence-corrected chi connectivity index (χ2v) is 7.90. The average molecular weight is 438 g/mol. The van der Waals surface area contributed by atoms with Crippen LogP contribution in [0.4, 0.5) is 15.8 Å². The fraction of sp³-hybridized carbons (Fsp3) is 0.107. The van der Waals surface area contributed by atoms with Gasteiger partial charge in [-0.15, -0.1) is 0 Å². The van der Waals surface area contributed by atoms with Gasteiger partial charge in [-0.25, -0.2) is 9.37 Å². The van der Waals surface area contributed by atoms with Gasteiger partial charge in [0.1, 0.15) is 17.2 Å². The fourth-order valence-electron chi connectivity index (χ4n) is 3.88. The van der Waals surface area contributed by atoms with Crippen LogP contribution in [0.25, 0.3) is 22.3 Å². The monoisotopic (exact) mass is 437 g/mol. The highest BCUT2D eigenvalue weighted by atomic mass is 19.1. The number of pyridine rings is 1. The smallest absolute Gasteiger partial charge is 0.139 e. The zero-order valence-electron chi connectivity index (χ0n) is 18.1. The SMILES string of the molecule is Fc1cccc(Nc2ccnc3[nH]c(-c4cccc(OCCCc5ccccc5)c4)cc23)c1. The van der Waals surface area contributed by atoms with Crippen LogP contribution < -0.4 is 10.1 Å². The van der Waals surface area contributed by atoms with E-state index in [4.69, 9.17) is 4.74 Å². The zero-order valence-corrected chi connectivity index (χ0v) is 18.1. The Morgan fingerprint density at radius 2 is 1.76 bits per heavy atom. The van der Waals surface area contributed by atoms with E-state index in [2.05, 4.69) is 45.6 Å². The molecular formula is C28H24FN3O. The van der Waals surface area contributed by atoms with Crippen LogP contribution in [-0.2, 0) is 6.42 Å². The number of hydrogen-bond acceptors (Lipinski definition) is 3. The lowest BCUT2D eigenvalue weighted by Gasteiger charge is -2.08. The molecule has 5 aromatic rings. The molecule has 0 aliphatic carbocycles. The summed E-state index contributed by atoms with van der Waals surface area (Å²) in [7, 11) is 0. The van der Waals surface area contributed by atoms with Crippen molar-refractivity contribution < 1.29 is 9.13 Å².